The highest BCUT2D eigenvalue weighted by Gasteiger charge is 2.70. The van der Waals surface area contributed by atoms with Crippen LogP contribution in [0.3, 0.4) is 0 Å². The molecule has 1 aliphatic heterocycles. The zero-order valence-electron chi connectivity index (χ0n) is 19.6. The van der Waals surface area contributed by atoms with Crippen molar-refractivity contribution in [3.05, 3.63) is 95.4 Å². The standard InChI is InChI=1S/C28H28FN3OS/c1-18(2)34(33)31-16-25-27(20-7-5-4-6-8-20)28(25,17-31)24-14-21-15-30-32(26(21)13-19(24)3)23-11-9-22(29)10-12-23/h4-15,18,25,27H,16-17H2,1-3H3. The van der Waals surface area contributed by atoms with Crippen LogP contribution in [0.25, 0.3) is 16.6 Å². The van der Waals surface area contributed by atoms with E-state index in [1.54, 1.807) is 12.1 Å². The summed E-state index contributed by atoms with van der Waals surface area (Å²) in [4.78, 5) is 0. The fourth-order valence-corrected chi connectivity index (χ4v) is 7.37. The van der Waals surface area contributed by atoms with Gasteiger partial charge >= 0.3 is 0 Å². The van der Waals surface area contributed by atoms with Gasteiger partial charge in [-0.15, -0.1) is 0 Å². The Morgan fingerprint density at radius 2 is 1.82 bits per heavy atom. The van der Waals surface area contributed by atoms with Crippen LogP contribution in [0.4, 0.5) is 4.39 Å². The molecule has 4 aromatic rings. The number of aromatic nitrogens is 2. The number of rotatable bonds is 5. The van der Waals surface area contributed by atoms with Gasteiger partial charge in [0.1, 0.15) is 5.82 Å². The van der Waals surface area contributed by atoms with E-state index in [1.165, 1.54) is 28.8 Å². The van der Waals surface area contributed by atoms with Gasteiger partial charge in [0.05, 0.1) is 28.4 Å². The molecule has 0 spiro atoms. The quantitative estimate of drug-likeness (QED) is 0.383. The number of nitrogens with zero attached hydrogens (tertiary/aromatic N) is 3. The van der Waals surface area contributed by atoms with E-state index in [4.69, 9.17) is 0 Å². The van der Waals surface area contributed by atoms with Gasteiger partial charge in [-0.3, -0.25) is 0 Å². The SMILES string of the molecule is Cc1cc2c(cnn2-c2ccc(F)cc2)cc1C12CN(S(=O)C(C)C)CC1C2c1ccccc1. The van der Waals surface area contributed by atoms with E-state index in [-0.39, 0.29) is 16.5 Å². The number of benzene rings is 3. The molecule has 4 atom stereocenters. The van der Waals surface area contributed by atoms with Crippen LogP contribution in [0.5, 0.6) is 0 Å². The van der Waals surface area contributed by atoms with Crippen LogP contribution in [0.15, 0.2) is 72.9 Å². The Kier molecular flexibility index (Phi) is 5.01. The minimum Gasteiger partial charge on any atom is -0.242 e. The van der Waals surface area contributed by atoms with E-state index in [0.717, 1.165) is 29.7 Å². The summed E-state index contributed by atoms with van der Waals surface area (Å²) >= 11 is 0. The summed E-state index contributed by atoms with van der Waals surface area (Å²) in [7, 11) is -0.979. The van der Waals surface area contributed by atoms with Crippen LogP contribution in [0.1, 0.15) is 36.5 Å². The summed E-state index contributed by atoms with van der Waals surface area (Å²) in [6, 6.07) is 21.7. The Morgan fingerprint density at radius 3 is 2.53 bits per heavy atom. The van der Waals surface area contributed by atoms with Crippen molar-refractivity contribution in [1.29, 1.82) is 0 Å². The molecular formula is C28H28FN3OS. The molecule has 3 aromatic carbocycles. The average molecular weight is 474 g/mol. The minimum absolute atomic E-state index is 0.0395. The largest absolute Gasteiger partial charge is 0.242 e. The average Bonchev–Trinajstić information content (AvgIpc) is 3.10. The maximum Gasteiger partial charge on any atom is 0.123 e. The van der Waals surface area contributed by atoms with Crippen molar-refractivity contribution in [2.45, 2.75) is 37.4 Å². The first kappa shape index (κ1) is 21.7. The molecular weight excluding hydrogens is 445 g/mol. The van der Waals surface area contributed by atoms with Gasteiger partial charge in [0.25, 0.3) is 0 Å². The summed E-state index contributed by atoms with van der Waals surface area (Å²) in [5.41, 5.74) is 5.73. The highest BCUT2D eigenvalue weighted by atomic mass is 32.2. The second kappa shape index (κ2) is 7.85. The van der Waals surface area contributed by atoms with Crippen LogP contribution < -0.4 is 0 Å². The molecule has 1 aromatic heterocycles. The maximum absolute atomic E-state index is 13.4. The van der Waals surface area contributed by atoms with Crippen LogP contribution in [-0.4, -0.2) is 36.6 Å². The number of halogens is 1. The molecule has 0 amide bonds. The predicted molar refractivity (Wildman–Crippen MR) is 135 cm³/mol. The van der Waals surface area contributed by atoms with Gasteiger partial charge in [0.2, 0.25) is 0 Å². The summed E-state index contributed by atoms with van der Waals surface area (Å²) in [6.45, 7) is 7.90. The molecule has 1 saturated heterocycles. The third-order valence-corrected chi connectivity index (χ3v) is 9.25. The van der Waals surface area contributed by atoms with Crippen molar-refractivity contribution in [2.75, 3.05) is 13.1 Å². The Balaban J connectivity index is 1.45. The van der Waals surface area contributed by atoms with Gasteiger partial charge in [0.15, 0.2) is 0 Å². The molecule has 174 valence electrons. The zero-order valence-corrected chi connectivity index (χ0v) is 20.4. The maximum atomic E-state index is 13.4. The van der Waals surface area contributed by atoms with E-state index in [9.17, 15) is 8.60 Å². The molecule has 0 bridgehead atoms. The third-order valence-electron chi connectivity index (χ3n) is 7.65. The number of fused-ring (bicyclic) bond motifs is 2. The molecule has 2 aliphatic rings. The number of aryl methyl sites for hydroxylation is 1. The first-order valence-corrected chi connectivity index (χ1v) is 13.0. The molecule has 2 fully saturated rings. The molecule has 0 radical (unpaired) electrons. The van der Waals surface area contributed by atoms with Gasteiger partial charge < -0.3 is 0 Å². The van der Waals surface area contributed by atoms with Crippen LogP contribution in [0, 0.1) is 18.7 Å². The number of hydrogen-bond acceptors (Lipinski definition) is 2. The van der Waals surface area contributed by atoms with E-state index >= 15 is 0 Å². The fraction of sp³-hybridized carbons (Fsp3) is 0.321. The Morgan fingerprint density at radius 1 is 1.09 bits per heavy atom. The second-order valence-corrected chi connectivity index (χ2v) is 12.0. The van der Waals surface area contributed by atoms with E-state index in [2.05, 4.69) is 58.8 Å². The van der Waals surface area contributed by atoms with Gasteiger partial charge in [-0.25, -0.2) is 17.6 Å². The van der Waals surface area contributed by atoms with Crippen molar-refractivity contribution in [3.8, 4) is 5.69 Å². The van der Waals surface area contributed by atoms with E-state index in [1.807, 2.05) is 24.7 Å². The van der Waals surface area contributed by atoms with Gasteiger partial charge in [-0.05, 0) is 79.8 Å². The van der Waals surface area contributed by atoms with Crippen molar-refractivity contribution in [1.82, 2.24) is 14.1 Å². The van der Waals surface area contributed by atoms with E-state index < -0.39 is 11.0 Å². The molecule has 34 heavy (non-hydrogen) atoms. The number of hydrogen-bond donors (Lipinski definition) is 0. The highest BCUT2D eigenvalue weighted by molar-refractivity contribution is 7.83. The van der Waals surface area contributed by atoms with Crippen molar-refractivity contribution in [2.24, 2.45) is 5.92 Å². The topological polar surface area (TPSA) is 38.1 Å². The van der Waals surface area contributed by atoms with E-state index in [0.29, 0.717) is 11.8 Å². The Bertz CT molecular complexity index is 1400. The zero-order chi connectivity index (χ0) is 23.6. The highest BCUT2D eigenvalue weighted by Crippen LogP contribution is 2.70. The molecule has 6 rings (SSSR count). The smallest absolute Gasteiger partial charge is 0.123 e. The summed E-state index contributed by atoms with van der Waals surface area (Å²) < 4.78 is 30.5. The van der Waals surface area contributed by atoms with Gasteiger partial charge in [0, 0.05) is 35.1 Å². The van der Waals surface area contributed by atoms with Crippen molar-refractivity contribution < 1.29 is 8.60 Å². The van der Waals surface area contributed by atoms with Gasteiger partial charge in [-0.2, -0.15) is 5.10 Å². The van der Waals surface area contributed by atoms with Crippen LogP contribution >= 0.6 is 0 Å². The molecule has 1 aliphatic carbocycles. The Labute approximate surface area is 202 Å². The van der Waals surface area contributed by atoms with Crippen molar-refractivity contribution >= 4 is 21.9 Å². The lowest BCUT2D eigenvalue weighted by molar-refractivity contribution is 0.450. The first-order chi connectivity index (χ1) is 16.4. The normalized spacial score (nSPS) is 25.1. The molecule has 1 saturated carbocycles. The lowest BCUT2D eigenvalue weighted by Gasteiger charge is -2.26. The minimum atomic E-state index is -0.979. The first-order valence-electron chi connectivity index (χ1n) is 11.9. The summed E-state index contributed by atoms with van der Waals surface area (Å²) in [5.74, 6) is 0.618. The Hall–Kier alpha value is -2.83. The molecule has 4 unspecified atom stereocenters. The molecule has 2 heterocycles. The lowest BCUT2D eigenvalue weighted by atomic mass is 9.87. The lowest BCUT2D eigenvalue weighted by Crippen LogP contribution is -2.34. The molecule has 0 N–H and O–H groups in total. The summed E-state index contributed by atoms with van der Waals surface area (Å²) in [5, 5.41) is 5.80. The second-order valence-electron chi connectivity index (χ2n) is 9.94. The summed E-state index contributed by atoms with van der Waals surface area (Å²) in [6.07, 6.45) is 1.90. The van der Waals surface area contributed by atoms with Crippen LogP contribution in [-0.2, 0) is 16.4 Å². The fourth-order valence-electron chi connectivity index (χ4n) is 6.12. The van der Waals surface area contributed by atoms with Crippen molar-refractivity contribution in [3.63, 3.8) is 0 Å². The number of piperidine rings is 1. The predicted octanol–water partition coefficient (Wildman–Crippen LogP) is 5.51. The monoisotopic (exact) mass is 473 g/mol. The van der Waals surface area contributed by atoms with Crippen LogP contribution in [0.2, 0.25) is 0 Å². The third kappa shape index (κ3) is 3.19. The molecule has 6 heteroatoms. The molecule has 4 nitrogen and oxygen atoms in total. The van der Waals surface area contributed by atoms with Gasteiger partial charge in [-0.1, -0.05) is 30.3 Å².